The van der Waals surface area contributed by atoms with Crippen LogP contribution >= 0.6 is 11.6 Å². The van der Waals surface area contributed by atoms with Crippen LogP contribution in [0.4, 0.5) is 11.4 Å². The number of amides is 1. The molecule has 3 aromatic rings. The van der Waals surface area contributed by atoms with E-state index in [9.17, 15) is 14.7 Å². The first-order chi connectivity index (χ1) is 15.4. The highest BCUT2D eigenvalue weighted by atomic mass is 35.5. The minimum Gasteiger partial charge on any atom is -0.497 e. The minimum atomic E-state index is -1.77. The van der Waals surface area contributed by atoms with Gasteiger partial charge in [-0.25, -0.2) is 0 Å². The Kier molecular flexibility index (Phi) is 5.91. The highest BCUT2D eigenvalue weighted by molar-refractivity contribution is 6.33. The minimum absolute atomic E-state index is 0.268. The lowest BCUT2D eigenvalue weighted by molar-refractivity contribution is -0.136. The molecule has 0 saturated heterocycles. The van der Waals surface area contributed by atoms with Gasteiger partial charge in [-0.3, -0.25) is 9.59 Å². The van der Waals surface area contributed by atoms with Gasteiger partial charge < -0.3 is 20.1 Å². The first-order valence-electron chi connectivity index (χ1n) is 10.1. The van der Waals surface area contributed by atoms with Crippen LogP contribution in [0.2, 0.25) is 5.02 Å². The number of hydrogen-bond acceptors (Lipinski definition) is 5. The number of ketones is 1. The Hall–Kier alpha value is -3.35. The topological polar surface area (TPSA) is 78.9 Å². The van der Waals surface area contributed by atoms with Crippen molar-refractivity contribution < 1.29 is 19.4 Å². The summed E-state index contributed by atoms with van der Waals surface area (Å²) in [7, 11) is 1.56. The first-order valence-corrected chi connectivity index (χ1v) is 10.5. The standard InChI is InChI=1S/C25H23ClN2O4/c1-16(29)23(30)25(27-18-11-13-19(32-2)14-12-18)22-20(26)9-6-10-21(22)28(24(25)31)15-17-7-4-3-5-8-17/h3-14,23,27,30H,15H2,1-2H3/t23-,25+/m0/s1. The molecule has 0 aromatic heterocycles. The molecule has 0 radical (unpaired) electrons. The molecule has 3 aromatic carbocycles. The Bertz CT molecular complexity index is 1150. The molecule has 0 spiro atoms. The average molecular weight is 451 g/mol. The molecule has 32 heavy (non-hydrogen) atoms. The van der Waals surface area contributed by atoms with Gasteiger partial charge in [-0.1, -0.05) is 48.0 Å². The van der Waals surface area contributed by atoms with E-state index in [4.69, 9.17) is 16.3 Å². The number of rotatable bonds is 7. The van der Waals surface area contributed by atoms with Crippen molar-refractivity contribution in [3.63, 3.8) is 0 Å². The van der Waals surface area contributed by atoms with E-state index in [1.54, 1.807) is 54.5 Å². The fourth-order valence-corrected chi connectivity index (χ4v) is 4.44. The van der Waals surface area contributed by atoms with Crippen LogP contribution in [0.15, 0.2) is 72.8 Å². The van der Waals surface area contributed by atoms with Crippen LogP contribution in [0, 0.1) is 0 Å². The van der Waals surface area contributed by atoms with Crippen LogP contribution in [0.25, 0.3) is 0 Å². The Labute approximate surface area is 191 Å². The van der Waals surface area contributed by atoms with Crippen molar-refractivity contribution in [2.75, 3.05) is 17.3 Å². The van der Waals surface area contributed by atoms with Crippen molar-refractivity contribution in [1.82, 2.24) is 0 Å². The summed E-state index contributed by atoms with van der Waals surface area (Å²) in [6.45, 7) is 1.52. The van der Waals surface area contributed by atoms with Crippen LogP contribution in [-0.2, 0) is 21.7 Å². The third-order valence-electron chi connectivity index (χ3n) is 5.67. The molecule has 2 N–H and O–H groups in total. The lowest BCUT2D eigenvalue weighted by Gasteiger charge is -2.34. The van der Waals surface area contributed by atoms with Crippen molar-refractivity contribution in [3.05, 3.63) is 88.9 Å². The maximum Gasteiger partial charge on any atom is 0.261 e. The summed E-state index contributed by atoms with van der Waals surface area (Å²) >= 11 is 6.59. The average Bonchev–Trinajstić information content (AvgIpc) is 3.04. The maximum atomic E-state index is 14.0. The fraction of sp³-hybridized carbons (Fsp3) is 0.200. The lowest BCUT2D eigenvalue weighted by atomic mass is 9.83. The van der Waals surface area contributed by atoms with Gasteiger partial charge in [0.05, 0.1) is 19.3 Å². The number of hydrogen-bond donors (Lipinski definition) is 2. The number of nitrogens with one attached hydrogen (secondary N) is 1. The number of methoxy groups -OCH3 is 1. The fourth-order valence-electron chi connectivity index (χ4n) is 4.13. The zero-order valence-electron chi connectivity index (χ0n) is 17.7. The van der Waals surface area contributed by atoms with E-state index in [-0.39, 0.29) is 11.6 Å². The van der Waals surface area contributed by atoms with Crippen molar-refractivity contribution in [1.29, 1.82) is 0 Å². The Morgan fingerprint density at radius 2 is 1.78 bits per heavy atom. The summed E-state index contributed by atoms with van der Waals surface area (Å²) < 4.78 is 5.20. The molecule has 1 aliphatic heterocycles. The van der Waals surface area contributed by atoms with E-state index in [1.165, 1.54) is 6.92 Å². The third kappa shape index (κ3) is 3.61. The molecule has 1 aliphatic rings. The van der Waals surface area contributed by atoms with Gasteiger partial charge in [-0.2, -0.15) is 0 Å². The van der Waals surface area contributed by atoms with E-state index in [1.807, 2.05) is 30.3 Å². The van der Waals surface area contributed by atoms with Crippen molar-refractivity contribution in [3.8, 4) is 5.75 Å². The molecule has 7 heteroatoms. The van der Waals surface area contributed by atoms with E-state index < -0.39 is 23.3 Å². The monoisotopic (exact) mass is 450 g/mol. The SMILES string of the molecule is COc1ccc(N[C@]2([C@@H](O)C(C)=O)C(=O)N(Cc3ccccc3)c3cccc(Cl)c32)cc1. The lowest BCUT2D eigenvalue weighted by Crippen LogP contribution is -2.56. The summed E-state index contributed by atoms with van der Waals surface area (Å²) in [5.41, 5.74) is 0.591. The van der Waals surface area contributed by atoms with Crippen molar-refractivity contribution >= 4 is 34.7 Å². The summed E-state index contributed by atoms with van der Waals surface area (Å²) in [6, 6.07) is 21.6. The number of anilines is 2. The van der Waals surface area contributed by atoms with Crippen molar-refractivity contribution in [2.45, 2.75) is 25.1 Å². The van der Waals surface area contributed by atoms with Gasteiger partial charge in [-0.15, -0.1) is 0 Å². The zero-order valence-corrected chi connectivity index (χ0v) is 18.5. The quantitative estimate of drug-likeness (QED) is 0.565. The number of nitrogens with zero attached hydrogens (tertiary/aromatic N) is 1. The number of aliphatic hydroxyl groups excluding tert-OH is 1. The summed E-state index contributed by atoms with van der Waals surface area (Å²) in [5, 5.41) is 14.6. The first kappa shape index (κ1) is 21.9. The highest BCUT2D eigenvalue weighted by Crippen LogP contribution is 2.48. The second kappa shape index (κ2) is 8.65. The molecule has 164 valence electrons. The Morgan fingerprint density at radius 3 is 2.41 bits per heavy atom. The Balaban J connectivity index is 1.88. The zero-order chi connectivity index (χ0) is 22.9. The summed E-state index contributed by atoms with van der Waals surface area (Å²) in [4.78, 5) is 28.0. The molecular formula is C25H23ClN2O4. The number of carbonyl (C=O) groups excluding carboxylic acids is 2. The van der Waals surface area contributed by atoms with Crippen LogP contribution in [0.5, 0.6) is 5.75 Å². The molecular weight excluding hydrogens is 428 g/mol. The number of halogens is 1. The van der Waals surface area contributed by atoms with Crippen LogP contribution < -0.4 is 15.0 Å². The number of benzene rings is 3. The molecule has 1 heterocycles. The third-order valence-corrected chi connectivity index (χ3v) is 5.98. The molecule has 0 unspecified atom stereocenters. The Morgan fingerprint density at radius 1 is 1.09 bits per heavy atom. The van der Waals surface area contributed by atoms with Gasteiger partial charge in [0.2, 0.25) is 0 Å². The molecule has 0 aliphatic carbocycles. The molecule has 2 atom stereocenters. The normalized spacial score (nSPS) is 18.2. The molecule has 0 saturated carbocycles. The molecule has 0 fully saturated rings. The largest absolute Gasteiger partial charge is 0.497 e. The van der Waals surface area contributed by atoms with Crippen LogP contribution in [-0.4, -0.2) is 30.0 Å². The number of fused-ring (bicyclic) bond motifs is 1. The maximum absolute atomic E-state index is 14.0. The van der Waals surface area contributed by atoms with Gasteiger partial charge in [-0.05, 0) is 48.9 Å². The van der Waals surface area contributed by atoms with E-state index in [0.717, 1.165) is 5.56 Å². The van der Waals surface area contributed by atoms with Crippen LogP contribution in [0.3, 0.4) is 0 Å². The van der Waals surface area contributed by atoms with Gasteiger partial charge in [0.1, 0.15) is 11.9 Å². The number of Topliss-reactive ketones (excluding diaryl/α,β-unsaturated/α-hetero) is 1. The number of carbonyl (C=O) groups is 2. The van der Waals surface area contributed by atoms with Crippen LogP contribution in [0.1, 0.15) is 18.1 Å². The molecule has 6 nitrogen and oxygen atoms in total. The van der Waals surface area contributed by atoms with E-state index in [2.05, 4.69) is 5.32 Å². The molecule has 1 amide bonds. The smallest absolute Gasteiger partial charge is 0.261 e. The highest BCUT2D eigenvalue weighted by Gasteiger charge is 2.58. The second-order valence-corrected chi connectivity index (χ2v) is 8.09. The molecule has 0 bridgehead atoms. The summed E-state index contributed by atoms with van der Waals surface area (Å²) in [6.07, 6.45) is -1.66. The van der Waals surface area contributed by atoms with Gasteiger partial charge in [0.15, 0.2) is 11.3 Å². The predicted octanol–water partition coefficient (Wildman–Crippen LogP) is 4.15. The molecule has 4 rings (SSSR count). The van der Waals surface area contributed by atoms with Gasteiger partial charge >= 0.3 is 0 Å². The predicted molar refractivity (Wildman–Crippen MR) is 124 cm³/mol. The van der Waals surface area contributed by atoms with Gasteiger partial charge in [0, 0.05) is 16.3 Å². The van der Waals surface area contributed by atoms with E-state index in [0.29, 0.717) is 22.7 Å². The second-order valence-electron chi connectivity index (χ2n) is 7.69. The summed E-state index contributed by atoms with van der Waals surface area (Å²) in [5.74, 6) is -0.367. The number of aliphatic hydroxyl groups is 1. The van der Waals surface area contributed by atoms with E-state index >= 15 is 0 Å². The van der Waals surface area contributed by atoms with Gasteiger partial charge in [0.25, 0.3) is 5.91 Å². The number of ether oxygens (including phenoxy) is 1. The van der Waals surface area contributed by atoms with Crippen molar-refractivity contribution in [2.24, 2.45) is 0 Å².